The molecule has 0 radical (unpaired) electrons. The number of aromatic amines is 1. The number of rotatable bonds is 7. The van der Waals surface area contributed by atoms with E-state index in [1.54, 1.807) is 18.2 Å². The van der Waals surface area contributed by atoms with E-state index in [-0.39, 0.29) is 5.43 Å². The summed E-state index contributed by atoms with van der Waals surface area (Å²) in [6.07, 6.45) is 9.65. The second-order valence-corrected chi connectivity index (χ2v) is 10.1. The molecule has 0 aliphatic carbocycles. The van der Waals surface area contributed by atoms with Crippen LogP contribution in [0.2, 0.25) is 0 Å². The van der Waals surface area contributed by atoms with Gasteiger partial charge in [0.15, 0.2) is 5.43 Å². The van der Waals surface area contributed by atoms with Crippen molar-refractivity contribution in [2.45, 2.75) is 38.1 Å². The van der Waals surface area contributed by atoms with Crippen molar-refractivity contribution in [2.24, 2.45) is 0 Å². The second kappa shape index (κ2) is 9.37. The molecule has 0 bridgehead atoms. The van der Waals surface area contributed by atoms with Crippen LogP contribution in [0.15, 0.2) is 58.5 Å². The van der Waals surface area contributed by atoms with Crippen molar-refractivity contribution in [1.29, 1.82) is 0 Å². The summed E-state index contributed by atoms with van der Waals surface area (Å²) in [7, 11) is -4.96. The van der Waals surface area contributed by atoms with Crippen LogP contribution < -0.4 is 10.2 Å². The van der Waals surface area contributed by atoms with Gasteiger partial charge in [-0.05, 0) is 43.7 Å². The number of hydrogen-bond acceptors (Lipinski definition) is 5. The molecule has 7 nitrogen and oxygen atoms in total. The van der Waals surface area contributed by atoms with Gasteiger partial charge in [0.25, 0.3) is 0 Å². The molecule has 37 heavy (non-hydrogen) atoms. The van der Waals surface area contributed by atoms with Crippen LogP contribution in [0.5, 0.6) is 5.75 Å². The van der Waals surface area contributed by atoms with Crippen molar-refractivity contribution in [3.05, 3.63) is 64.6 Å². The predicted octanol–water partition coefficient (Wildman–Crippen LogP) is 5.54. The quantitative estimate of drug-likeness (QED) is 0.174. The van der Waals surface area contributed by atoms with Gasteiger partial charge in [-0.2, -0.15) is 8.42 Å². The molecule has 3 heterocycles. The van der Waals surface area contributed by atoms with Crippen LogP contribution in [0.3, 0.4) is 0 Å². The Bertz CT molecular complexity index is 1900. The van der Waals surface area contributed by atoms with Crippen molar-refractivity contribution in [3.8, 4) is 29.2 Å². The number of aromatic nitrogens is 3. The van der Waals surface area contributed by atoms with Gasteiger partial charge < -0.3 is 14.3 Å². The number of benzene rings is 2. The molecule has 0 saturated carbocycles. The third-order valence-corrected chi connectivity index (χ3v) is 7.24. The first-order valence-electron chi connectivity index (χ1n) is 11.9. The molecule has 5 rings (SSSR count). The summed E-state index contributed by atoms with van der Waals surface area (Å²) in [5.41, 5.74) is 3.42. The van der Waals surface area contributed by atoms with Gasteiger partial charge in [-0.1, -0.05) is 25.3 Å². The Hall–Kier alpha value is -4.16. The number of fused-ring (bicyclic) bond motifs is 4. The van der Waals surface area contributed by atoms with Crippen LogP contribution >= 0.6 is 0 Å². The van der Waals surface area contributed by atoms with Crippen LogP contribution in [-0.4, -0.2) is 29.6 Å². The standard InChI is InChI=1S/C28H24FN3O4S/c1-4-7-10-36-25-14-22-24(13-21(25)18-12-19(16-30-15-18)37(29,34)35)32(6-3)28-26(27(22)33)20-9-8-17(5-2)11-23(20)31-28/h2,8-9,11-16,31H,4,6-7,10H2,1,3H3. The molecule has 0 unspecified atom stereocenters. The third kappa shape index (κ3) is 4.23. The lowest BCUT2D eigenvalue weighted by Gasteiger charge is -2.17. The van der Waals surface area contributed by atoms with Gasteiger partial charge in [-0.3, -0.25) is 9.78 Å². The number of nitrogens with zero attached hydrogens (tertiary/aromatic N) is 2. The zero-order valence-corrected chi connectivity index (χ0v) is 21.2. The Labute approximate surface area is 213 Å². The van der Waals surface area contributed by atoms with E-state index in [9.17, 15) is 17.1 Å². The van der Waals surface area contributed by atoms with Gasteiger partial charge in [0, 0.05) is 46.5 Å². The summed E-state index contributed by atoms with van der Waals surface area (Å²) >= 11 is 0. The monoisotopic (exact) mass is 517 g/mol. The van der Waals surface area contributed by atoms with Gasteiger partial charge in [-0.25, -0.2) is 0 Å². The Morgan fingerprint density at radius 1 is 1.14 bits per heavy atom. The summed E-state index contributed by atoms with van der Waals surface area (Å²) in [4.78, 5) is 20.6. The minimum atomic E-state index is -4.96. The number of ether oxygens (including phenoxy) is 1. The fourth-order valence-corrected chi connectivity index (χ4v) is 5.09. The molecule has 2 aromatic carbocycles. The number of halogens is 1. The molecule has 188 valence electrons. The fraction of sp³-hybridized carbons (Fsp3) is 0.214. The number of hydrogen-bond donors (Lipinski definition) is 1. The van der Waals surface area contributed by atoms with Gasteiger partial charge >= 0.3 is 10.2 Å². The Balaban J connectivity index is 1.86. The molecular weight excluding hydrogens is 493 g/mol. The van der Waals surface area contributed by atoms with Crippen LogP contribution in [0.1, 0.15) is 32.3 Å². The van der Waals surface area contributed by atoms with Crippen LogP contribution in [0.4, 0.5) is 3.89 Å². The first-order chi connectivity index (χ1) is 17.8. The number of unbranched alkanes of at least 4 members (excludes halogenated alkanes) is 1. The molecule has 0 spiro atoms. The Morgan fingerprint density at radius 2 is 1.95 bits per heavy atom. The molecule has 5 aromatic rings. The van der Waals surface area contributed by atoms with Crippen molar-refractivity contribution in [3.63, 3.8) is 0 Å². The van der Waals surface area contributed by atoms with E-state index in [2.05, 4.69) is 15.9 Å². The van der Waals surface area contributed by atoms with Gasteiger partial charge in [0.05, 0.1) is 22.9 Å². The van der Waals surface area contributed by atoms with Gasteiger partial charge in [0.2, 0.25) is 0 Å². The van der Waals surface area contributed by atoms with E-state index >= 15 is 0 Å². The third-order valence-electron chi connectivity index (χ3n) is 6.45. The van der Waals surface area contributed by atoms with Crippen LogP contribution in [0, 0.1) is 12.3 Å². The van der Waals surface area contributed by atoms with Crippen molar-refractivity contribution < 1.29 is 17.0 Å². The summed E-state index contributed by atoms with van der Waals surface area (Å²) < 4.78 is 44.9. The van der Waals surface area contributed by atoms with E-state index in [1.807, 2.05) is 30.5 Å². The van der Waals surface area contributed by atoms with Crippen LogP contribution in [0.25, 0.3) is 44.0 Å². The topological polar surface area (TPSA) is 94.1 Å². The Morgan fingerprint density at radius 3 is 2.65 bits per heavy atom. The minimum Gasteiger partial charge on any atom is -0.493 e. The van der Waals surface area contributed by atoms with Gasteiger partial charge in [0.1, 0.15) is 16.3 Å². The molecule has 3 aromatic heterocycles. The SMILES string of the molecule is C#Cc1ccc2c(c1)[nH]c1c2c(=O)c2cc(OCCCC)c(-c3cncc(S(=O)(=O)F)c3)cc2n1CC. The molecule has 0 aliphatic heterocycles. The number of nitrogens with one attached hydrogen (secondary N) is 1. The summed E-state index contributed by atoms with van der Waals surface area (Å²) in [6, 6.07) is 10.1. The van der Waals surface area contributed by atoms with E-state index in [0.29, 0.717) is 57.5 Å². The average molecular weight is 518 g/mol. The Kier molecular flexibility index (Phi) is 6.21. The van der Waals surface area contributed by atoms with Gasteiger partial charge in [-0.15, -0.1) is 10.3 Å². The highest BCUT2D eigenvalue weighted by Crippen LogP contribution is 2.36. The first-order valence-corrected chi connectivity index (χ1v) is 13.3. The highest BCUT2D eigenvalue weighted by Gasteiger charge is 2.20. The minimum absolute atomic E-state index is 0.167. The zero-order valence-electron chi connectivity index (χ0n) is 20.3. The van der Waals surface area contributed by atoms with Crippen molar-refractivity contribution in [1.82, 2.24) is 14.5 Å². The number of pyridine rings is 2. The van der Waals surface area contributed by atoms with E-state index in [0.717, 1.165) is 29.9 Å². The second-order valence-electron chi connectivity index (χ2n) is 8.74. The lowest BCUT2D eigenvalue weighted by molar-refractivity contribution is 0.311. The maximum absolute atomic E-state index is 13.8. The van der Waals surface area contributed by atoms with Crippen molar-refractivity contribution >= 4 is 43.1 Å². The molecule has 0 atom stereocenters. The summed E-state index contributed by atoms with van der Waals surface area (Å²) in [6.45, 7) is 4.93. The lowest BCUT2D eigenvalue weighted by atomic mass is 10.0. The highest BCUT2D eigenvalue weighted by molar-refractivity contribution is 7.86. The van der Waals surface area contributed by atoms with E-state index in [4.69, 9.17) is 11.2 Å². The summed E-state index contributed by atoms with van der Waals surface area (Å²) in [5.74, 6) is 3.01. The smallest absolute Gasteiger partial charge is 0.333 e. The molecule has 0 saturated heterocycles. The molecule has 9 heteroatoms. The highest BCUT2D eigenvalue weighted by atomic mass is 32.3. The molecular formula is C28H24FN3O4S. The normalized spacial score (nSPS) is 11.8. The maximum atomic E-state index is 13.8. The van der Waals surface area contributed by atoms with E-state index < -0.39 is 15.1 Å². The first kappa shape index (κ1) is 24.5. The number of H-pyrrole nitrogens is 1. The zero-order chi connectivity index (χ0) is 26.3. The largest absolute Gasteiger partial charge is 0.493 e. The van der Waals surface area contributed by atoms with Crippen molar-refractivity contribution in [2.75, 3.05) is 6.61 Å². The number of aryl methyl sites for hydroxylation is 1. The average Bonchev–Trinajstić information content (AvgIpc) is 3.27. The maximum Gasteiger partial charge on any atom is 0.333 e. The fourth-order valence-electron chi connectivity index (χ4n) is 4.63. The molecule has 0 aliphatic rings. The lowest BCUT2D eigenvalue weighted by Crippen LogP contribution is -2.11. The van der Waals surface area contributed by atoms with Crippen LogP contribution in [-0.2, 0) is 16.8 Å². The van der Waals surface area contributed by atoms with E-state index in [1.165, 1.54) is 12.3 Å². The molecule has 0 amide bonds. The molecule has 1 N–H and O–H groups in total. The number of terminal acetylenes is 1. The summed E-state index contributed by atoms with van der Waals surface area (Å²) in [5, 5.41) is 1.77. The predicted molar refractivity (Wildman–Crippen MR) is 143 cm³/mol. The molecule has 0 fully saturated rings.